The maximum absolute atomic E-state index is 11.3. The average Bonchev–Trinajstić information content (AvgIpc) is 2.76. The summed E-state index contributed by atoms with van der Waals surface area (Å²) in [5.74, 6) is 3.56. The normalized spacial score (nSPS) is 19.4. The van der Waals surface area contributed by atoms with E-state index in [0.29, 0.717) is 10.8 Å². The molecule has 0 bridgehead atoms. The molecule has 1 aromatic heterocycles. The van der Waals surface area contributed by atoms with Crippen molar-refractivity contribution in [2.45, 2.75) is 18.7 Å². The lowest BCUT2D eigenvalue weighted by Crippen LogP contribution is -2.21. The molecule has 1 aliphatic rings. The van der Waals surface area contributed by atoms with Crippen LogP contribution in [0, 0.1) is 6.92 Å². The summed E-state index contributed by atoms with van der Waals surface area (Å²) < 4.78 is 2.16. The number of carbonyl (C=O) groups is 1. The highest BCUT2D eigenvalue weighted by molar-refractivity contribution is 8.06. The van der Waals surface area contributed by atoms with Crippen molar-refractivity contribution in [2.24, 2.45) is 0 Å². The van der Waals surface area contributed by atoms with E-state index in [-0.39, 0.29) is 5.56 Å². The van der Waals surface area contributed by atoms with Crippen LogP contribution in [0.4, 0.5) is 0 Å². The molecule has 0 aliphatic carbocycles. The Kier molecular flexibility index (Phi) is 3.94. The summed E-state index contributed by atoms with van der Waals surface area (Å²) >= 11 is 4.00. The predicted molar refractivity (Wildman–Crippen MR) is 85.0 cm³/mol. The molecule has 1 N–H and O–H groups in total. The number of thioether (sulfide) groups is 2. The summed E-state index contributed by atoms with van der Waals surface area (Å²) in [5.41, 5.74) is 1.82. The van der Waals surface area contributed by atoms with Gasteiger partial charge in [-0.2, -0.15) is 23.5 Å². The van der Waals surface area contributed by atoms with Gasteiger partial charge in [0.15, 0.2) is 0 Å². The van der Waals surface area contributed by atoms with Crippen molar-refractivity contribution in [2.75, 3.05) is 17.3 Å². The van der Waals surface area contributed by atoms with Crippen LogP contribution in [0.2, 0.25) is 0 Å². The van der Waals surface area contributed by atoms with Gasteiger partial charge in [0.25, 0.3) is 0 Å². The molecule has 20 heavy (non-hydrogen) atoms. The first-order valence-electron chi connectivity index (χ1n) is 6.55. The number of para-hydroxylation sites is 1. The lowest BCUT2D eigenvalue weighted by molar-refractivity contribution is 0.0699. The number of imidazole rings is 1. The molecule has 0 saturated carbocycles. The summed E-state index contributed by atoms with van der Waals surface area (Å²) in [7, 11) is 0. The third-order valence-electron chi connectivity index (χ3n) is 3.47. The SMILES string of the molecule is Cc1nc2c(C(=O)O)cccc2n1CC1CSCCS1. The minimum atomic E-state index is -0.914. The summed E-state index contributed by atoms with van der Waals surface area (Å²) in [6.07, 6.45) is 0. The monoisotopic (exact) mass is 308 g/mol. The average molecular weight is 308 g/mol. The van der Waals surface area contributed by atoms with E-state index in [4.69, 9.17) is 0 Å². The van der Waals surface area contributed by atoms with Gasteiger partial charge in [0.2, 0.25) is 0 Å². The second-order valence-corrected chi connectivity index (χ2v) is 7.37. The fraction of sp³-hybridized carbons (Fsp3) is 0.429. The minimum Gasteiger partial charge on any atom is -0.478 e. The van der Waals surface area contributed by atoms with Crippen LogP contribution in [0.5, 0.6) is 0 Å². The molecule has 1 aliphatic heterocycles. The van der Waals surface area contributed by atoms with E-state index in [1.54, 1.807) is 12.1 Å². The van der Waals surface area contributed by atoms with E-state index in [2.05, 4.69) is 9.55 Å². The third-order valence-corrected chi connectivity index (χ3v) is 6.30. The molecule has 0 radical (unpaired) electrons. The number of nitrogens with zero attached hydrogens (tertiary/aromatic N) is 2. The quantitative estimate of drug-likeness (QED) is 0.945. The molecule has 6 heteroatoms. The van der Waals surface area contributed by atoms with E-state index in [1.807, 2.05) is 36.5 Å². The minimum absolute atomic E-state index is 0.287. The first-order valence-corrected chi connectivity index (χ1v) is 8.75. The smallest absolute Gasteiger partial charge is 0.337 e. The summed E-state index contributed by atoms with van der Waals surface area (Å²) in [5, 5.41) is 9.83. The third kappa shape index (κ3) is 2.54. The summed E-state index contributed by atoms with van der Waals surface area (Å²) in [6.45, 7) is 2.86. The van der Waals surface area contributed by atoms with Gasteiger partial charge in [0.05, 0.1) is 11.1 Å². The molecule has 4 nitrogen and oxygen atoms in total. The Morgan fingerprint density at radius 2 is 2.35 bits per heavy atom. The van der Waals surface area contributed by atoms with Gasteiger partial charge in [0.1, 0.15) is 11.3 Å². The Labute approximate surface area is 126 Å². The first kappa shape index (κ1) is 13.8. The molecule has 2 aromatic rings. The highest BCUT2D eigenvalue weighted by Crippen LogP contribution is 2.28. The topological polar surface area (TPSA) is 55.1 Å². The fourth-order valence-corrected chi connectivity index (χ4v) is 5.16. The van der Waals surface area contributed by atoms with Gasteiger partial charge in [-0.05, 0) is 19.1 Å². The van der Waals surface area contributed by atoms with Crippen molar-refractivity contribution >= 4 is 40.5 Å². The number of benzene rings is 1. The van der Waals surface area contributed by atoms with Crippen molar-refractivity contribution in [3.63, 3.8) is 0 Å². The number of aryl methyl sites for hydroxylation is 1. The van der Waals surface area contributed by atoms with Crippen LogP contribution in [0.3, 0.4) is 0 Å². The molecule has 0 spiro atoms. The van der Waals surface area contributed by atoms with Gasteiger partial charge in [0, 0.05) is 29.1 Å². The van der Waals surface area contributed by atoms with Crippen molar-refractivity contribution < 1.29 is 9.90 Å². The standard InChI is InChI=1S/C14H16N2O2S2/c1-9-15-13-11(14(17)18)3-2-4-12(13)16(9)7-10-8-19-5-6-20-10/h2-4,10H,5-8H2,1H3,(H,17,18). The maximum atomic E-state index is 11.3. The largest absolute Gasteiger partial charge is 0.478 e. The molecule has 0 amide bonds. The number of aromatic nitrogens is 2. The fourth-order valence-electron chi connectivity index (χ4n) is 2.51. The van der Waals surface area contributed by atoms with Crippen molar-refractivity contribution in [3.8, 4) is 0 Å². The van der Waals surface area contributed by atoms with Crippen LogP contribution in [-0.2, 0) is 6.54 Å². The lowest BCUT2D eigenvalue weighted by Gasteiger charge is -2.22. The lowest BCUT2D eigenvalue weighted by atomic mass is 10.2. The Morgan fingerprint density at radius 1 is 1.50 bits per heavy atom. The molecule has 1 atom stereocenters. The van der Waals surface area contributed by atoms with E-state index in [9.17, 15) is 9.90 Å². The van der Waals surface area contributed by atoms with E-state index in [1.165, 1.54) is 11.5 Å². The highest BCUT2D eigenvalue weighted by atomic mass is 32.2. The van der Waals surface area contributed by atoms with Gasteiger partial charge in [-0.15, -0.1) is 0 Å². The number of carboxylic acids is 1. The number of fused-ring (bicyclic) bond motifs is 1. The molecule has 1 fully saturated rings. The van der Waals surface area contributed by atoms with Crippen molar-refractivity contribution in [3.05, 3.63) is 29.6 Å². The van der Waals surface area contributed by atoms with Crippen LogP contribution in [0.25, 0.3) is 11.0 Å². The Balaban J connectivity index is 2.00. The Morgan fingerprint density at radius 3 is 3.05 bits per heavy atom. The molecule has 2 heterocycles. The van der Waals surface area contributed by atoms with Gasteiger partial charge < -0.3 is 9.67 Å². The van der Waals surface area contributed by atoms with Gasteiger partial charge >= 0.3 is 5.97 Å². The van der Waals surface area contributed by atoms with E-state index in [0.717, 1.165) is 23.6 Å². The second-order valence-electron chi connectivity index (χ2n) is 4.82. The number of carboxylic acid groups (broad SMARTS) is 1. The van der Waals surface area contributed by atoms with E-state index < -0.39 is 5.97 Å². The van der Waals surface area contributed by atoms with Crippen LogP contribution in [-0.4, -0.2) is 43.1 Å². The molecular formula is C14H16N2O2S2. The molecule has 1 aromatic carbocycles. The van der Waals surface area contributed by atoms with Crippen LogP contribution < -0.4 is 0 Å². The maximum Gasteiger partial charge on any atom is 0.337 e. The Bertz CT molecular complexity index is 648. The highest BCUT2D eigenvalue weighted by Gasteiger charge is 2.19. The van der Waals surface area contributed by atoms with Crippen LogP contribution in [0.15, 0.2) is 18.2 Å². The first-order chi connectivity index (χ1) is 9.66. The number of rotatable bonds is 3. The molecule has 3 rings (SSSR count). The molecule has 1 unspecified atom stereocenters. The molecule has 1 saturated heterocycles. The van der Waals surface area contributed by atoms with Crippen molar-refractivity contribution in [1.29, 1.82) is 0 Å². The van der Waals surface area contributed by atoms with Gasteiger partial charge in [-0.25, -0.2) is 9.78 Å². The molecule has 106 valence electrons. The van der Waals surface area contributed by atoms with E-state index >= 15 is 0 Å². The Hall–Kier alpha value is -1.14. The van der Waals surface area contributed by atoms with Crippen molar-refractivity contribution in [1.82, 2.24) is 9.55 Å². The van der Waals surface area contributed by atoms with Crippen LogP contribution >= 0.6 is 23.5 Å². The number of hydrogen-bond acceptors (Lipinski definition) is 4. The number of aromatic carboxylic acids is 1. The second kappa shape index (κ2) is 5.69. The van der Waals surface area contributed by atoms with Gasteiger partial charge in [-0.1, -0.05) is 6.07 Å². The zero-order valence-corrected chi connectivity index (χ0v) is 12.8. The zero-order chi connectivity index (χ0) is 14.1. The predicted octanol–water partition coefficient (Wildman–Crippen LogP) is 2.89. The molecular weight excluding hydrogens is 292 g/mol. The van der Waals surface area contributed by atoms with Gasteiger partial charge in [-0.3, -0.25) is 0 Å². The summed E-state index contributed by atoms with van der Waals surface area (Å²) in [6, 6.07) is 5.38. The summed E-state index contributed by atoms with van der Waals surface area (Å²) in [4.78, 5) is 15.7. The van der Waals surface area contributed by atoms with Crippen LogP contribution in [0.1, 0.15) is 16.2 Å². The zero-order valence-electron chi connectivity index (χ0n) is 11.2. The number of hydrogen-bond donors (Lipinski definition) is 1.